The maximum Gasteiger partial charge on any atom is 0.330 e. The Bertz CT molecular complexity index is 384. The molecule has 1 atom stereocenters. The van der Waals surface area contributed by atoms with Gasteiger partial charge in [-0.1, -0.05) is 19.7 Å². The van der Waals surface area contributed by atoms with Crippen LogP contribution in [0.25, 0.3) is 0 Å². The zero-order chi connectivity index (χ0) is 21.5. The van der Waals surface area contributed by atoms with Gasteiger partial charge < -0.3 is 40.5 Å². The summed E-state index contributed by atoms with van der Waals surface area (Å²) in [6.07, 6.45) is 0.707. The van der Waals surface area contributed by atoms with Gasteiger partial charge >= 0.3 is 17.9 Å². The first-order chi connectivity index (χ1) is 12.1. The normalized spacial score (nSPS) is 9.46. The maximum absolute atomic E-state index is 10.3. The summed E-state index contributed by atoms with van der Waals surface area (Å²) in [5, 5.41) is 56.1. The molecule has 0 fully saturated rings. The van der Waals surface area contributed by atoms with Crippen LogP contribution in [0.5, 0.6) is 0 Å². The van der Waals surface area contributed by atoms with Gasteiger partial charge in [0.2, 0.25) is 0 Å². The minimum absolute atomic E-state index is 0.193. The fraction of sp³-hybridized carbons (Fsp3) is 0.400. The standard InChI is InChI=1S/C6H10O4.C3H8O3.2C3H4O2/c1-2-6(9)10-4-5(8)3-7;4-1-3(6)2-5;2*1-2-3(4)5/h2,5,7-8H,1,3-4H2;3-6H,1-2H2;2*2H,1H2,(H,4,5). The van der Waals surface area contributed by atoms with E-state index in [1.807, 2.05) is 0 Å². The number of carboxylic acid groups (broad SMARTS) is 2. The van der Waals surface area contributed by atoms with Crippen LogP contribution in [0.1, 0.15) is 0 Å². The highest BCUT2D eigenvalue weighted by atomic mass is 16.5. The van der Waals surface area contributed by atoms with Gasteiger partial charge in [-0.3, -0.25) is 0 Å². The second-order valence-corrected chi connectivity index (χ2v) is 3.77. The van der Waals surface area contributed by atoms with Crippen LogP contribution in [0.15, 0.2) is 38.0 Å². The minimum Gasteiger partial charge on any atom is -0.478 e. The Kier molecular flexibility index (Phi) is 29.6. The van der Waals surface area contributed by atoms with Gasteiger partial charge in [0.05, 0.1) is 19.8 Å². The third-order valence-corrected chi connectivity index (χ3v) is 1.57. The maximum atomic E-state index is 10.3. The van der Waals surface area contributed by atoms with E-state index in [9.17, 15) is 14.4 Å². The van der Waals surface area contributed by atoms with Crippen molar-refractivity contribution in [3.05, 3.63) is 38.0 Å². The Labute approximate surface area is 150 Å². The van der Waals surface area contributed by atoms with Crippen LogP contribution in [0.3, 0.4) is 0 Å². The number of hydrogen-bond donors (Lipinski definition) is 7. The summed E-state index contributed by atoms with van der Waals surface area (Å²) < 4.78 is 4.38. The van der Waals surface area contributed by atoms with Crippen molar-refractivity contribution in [2.75, 3.05) is 26.4 Å². The van der Waals surface area contributed by atoms with E-state index >= 15 is 0 Å². The molecule has 0 aliphatic rings. The highest BCUT2D eigenvalue weighted by molar-refractivity contribution is 5.81. The summed E-state index contributed by atoms with van der Waals surface area (Å²) in [7, 11) is 0. The molecule has 0 heterocycles. The van der Waals surface area contributed by atoms with E-state index in [1.54, 1.807) is 0 Å². The molecule has 1 unspecified atom stereocenters. The fourth-order valence-electron chi connectivity index (χ4n) is 0.348. The largest absolute Gasteiger partial charge is 0.478 e. The molecule has 152 valence electrons. The molecule has 0 rings (SSSR count). The van der Waals surface area contributed by atoms with Crippen LogP contribution < -0.4 is 0 Å². The highest BCUT2D eigenvalue weighted by Crippen LogP contribution is 1.84. The zero-order valence-corrected chi connectivity index (χ0v) is 14.1. The van der Waals surface area contributed by atoms with Crippen molar-refractivity contribution >= 4 is 17.9 Å². The number of aliphatic hydroxyl groups excluding tert-OH is 5. The third kappa shape index (κ3) is 43.0. The molecule has 0 aromatic carbocycles. The molecule has 26 heavy (non-hydrogen) atoms. The van der Waals surface area contributed by atoms with Crippen molar-refractivity contribution in [2.45, 2.75) is 12.2 Å². The Morgan fingerprint density at radius 3 is 1.23 bits per heavy atom. The van der Waals surface area contributed by atoms with E-state index in [1.165, 1.54) is 0 Å². The van der Waals surface area contributed by atoms with E-state index < -0.39 is 36.7 Å². The lowest BCUT2D eigenvalue weighted by molar-refractivity contribution is -0.141. The van der Waals surface area contributed by atoms with Gasteiger partial charge in [-0.15, -0.1) is 0 Å². The Morgan fingerprint density at radius 1 is 0.769 bits per heavy atom. The van der Waals surface area contributed by atoms with Crippen LogP contribution in [0.2, 0.25) is 0 Å². The summed E-state index contributed by atoms with van der Waals surface area (Å²) in [5.41, 5.74) is 0. The van der Waals surface area contributed by atoms with Crippen molar-refractivity contribution in [1.82, 2.24) is 0 Å². The van der Waals surface area contributed by atoms with Crippen LogP contribution in [-0.4, -0.2) is 92.3 Å². The molecule has 7 N–H and O–H groups in total. The molecule has 0 aromatic rings. The quantitative estimate of drug-likeness (QED) is 0.179. The second kappa shape index (κ2) is 24.7. The number of rotatable bonds is 8. The van der Waals surface area contributed by atoms with Crippen molar-refractivity contribution in [1.29, 1.82) is 0 Å². The number of ether oxygens (including phenoxy) is 1. The van der Waals surface area contributed by atoms with E-state index in [2.05, 4.69) is 24.5 Å². The lowest BCUT2D eigenvalue weighted by Gasteiger charge is -2.05. The second-order valence-electron chi connectivity index (χ2n) is 3.77. The van der Waals surface area contributed by atoms with Crippen molar-refractivity contribution in [3.8, 4) is 0 Å². The van der Waals surface area contributed by atoms with Gasteiger partial charge in [-0.05, 0) is 0 Å². The molecule has 11 nitrogen and oxygen atoms in total. The summed E-state index contributed by atoms with van der Waals surface area (Å²) in [5.74, 6) is -2.57. The van der Waals surface area contributed by atoms with Gasteiger partial charge in [0.25, 0.3) is 0 Å². The molecule has 0 saturated heterocycles. The molecule has 0 amide bonds. The van der Waals surface area contributed by atoms with Crippen molar-refractivity contribution in [3.63, 3.8) is 0 Å². The molecule has 0 bridgehead atoms. The minimum atomic E-state index is -0.996. The molecule has 0 aliphatic heterocycles. The smallest absolute Gasteiger partial charge is 0.330 e. The molecule has 11 heteroatoms. The van der Waals surface area contributed by atoms with Crippen molar-refractivity contribution < 1.29 is 54.9 Å². The fourth-order valence-corrected chi connectivity index (χ4v) is 0.348. The zero-order valence-electron chi connectivity index (χ0n) is 14.1. The van der Waals surface area contributed by atoms with E-state index in [-0.39, 0.29) is 19.8 Å². The van der Waals surface area contributed by atoms with Gasteiger partial charge in [-0.25, -0.2) is 14.4 Å². The van der Waals surface area contributed by atoms with E-state index in [0.717, 1.165) is 18.2 Å². The molecule has 0 aromatic heterocycles. The number of carboxylic acids is 2. The average Bonchev–Trinajstić information content (AvgIpc) is 2.66. The highest BCUT2D eigenvalue weighted by Gasteiger charge is 2.03. The number of carbonyl (C=O) groups excluding carboxylic acids is 1. The van der Waals surface area contributed by atoms with E-state index in [0.29, 0.717) is 0 Å². The lowest BCUT2D eigenvalue weighted by Crippen LogP contribution is -2.21. The predicted octanol–water partition coefficient (Wildman–Crippen LogP) is -2.09. The predicted molar refractivity (Wildman–Crippen MR) is 90.1 cm³/mol. The number of aliphatic carboxylic acids is 2. The first kappa shape index (κ1) is 31.2. The first-order valence-electron chi connectivity index (χ1n) is 6.74. The number of aliphatic hydroxyl groups is 5. The monoisotopic (exact) mass is 382 g/mol. The van der Waals surface area contributed by atoms with E-state index in [4.69, 9.17) is 35.7 Å². The summed E-state index contributed by atoms with van der Waals surface area (Å²) in [4.78, 5) is 28.8. The molecule has 0 spiro atoms. The lowest BCUT2D eigenvalue weighted by atomic mass is 10.4. The van der Waals surface area contributed by atoms with Gasteiger partial charge in [0.15, 0.2) is 0 Å². The number of hydrogen-bond acceptors (Lipinski definition) is 9. The van der Waals surface area contributed by atoms with Gasteiger partial charge in [-0.2, -0.15) is 0 Å². The van der Waals surface area contributed by atoms with Crippen LogP contribution in [0, 0.1) is 0 Å². The molecule has 0 radical (unpaired) electrons. The summed E-state index contributed by atoms with van der Waals surface area (Å²) in [6, 6.07) is 0. The Morgan fingerprint density at radius 2 is 1.08 bits per heavy atom. The molecular formula is C15H26O11. The van der Waals surface area contributed by atoms with Crippen LogP contribution >= 0.6 is 0 Å². The Balaban J connectivity index is -0.000000131. The average molecular weight is 382 g/mol. The number of carbonyl (C=O) groups is 3. The van der Waals surface area contributed by atoms with Crippen LogP contribution in [-0.2, 0) is 19.1 Å². The molecular weight excluding hydrogens is 356 g/mol. The first-order valence-corrected chi connectivity index (χ1v) is 6.74. The SMILES string of the molecule is C=CC(=O)O.C=CC(=O)O.C=CC(=O)OCC(O)CO.OCC(O)CO. The van der Waals surface area contributed by atoms with Gasteiger partial charge in [0.1, 0.15) is 18.8 Å². The summed E-state index contributed by atoms with van der Waals surface area (Å²) >= 11 is 0. The molecule has 0 saturated carbocycles. The van der Waals surface area contributed by atoms with Crippen molar-refractivity contribution in [2.24, 2.45) is 0 Å². The Hall–Kier alpha value is -2.57. The molecule has 0 aliphatic carbocycles. The topological polar surface area (TPSA) is 202 Å². The number of esters is 1. The summed E-state index contributed by atoms with van der Waals surface area (Å²) in [6.45, 7) is 7.73. The van der Waals surface area contributed by atoms with Crippen LogP contribution in [0.4, 0.5) is 0 Å². The van der Waals surface area contributed by atoms with Gasteiger partial charge in [0, 0.05) is 18.2 Å². The third-order valence-electron chi connectivity index (χ3n) is 1.57.